The molecule has 0 radical (unpaired) electrons. The lowest BCUT2D eigenvalue weighted by atomic mass is 10.2. The molecule has 0 unspecified atom stereocenters. The van der Waals surface area contributed by atoms with Crippen molar-refractivity contribution in [2.45, 2.75) is 53.4 Å². The van der Waals surface area contributed by atoms with Gasteiger partial charge in [0.05, 0.1) is 7.11 Å². The van der Waals surface area contributed by atoms with Crippen molar-refractivity contribution < 1.29 is 9.53 Å². The number of carbonyl (C=O) groups is 1. The second-order valence-corrected chi connectivity index (χ2v) is 8.85. The standard InChI is InChI=1S/C16H18N2O2.C8H10.C5H14N2.C4H10/c1-13(12-17)6-4-5-7-14(2)18-11-10-15(20-3)8-9-16(18)19;1-2-8-6-4-3-5-7-8;1-6-4-5-7(2)3;1-3-4-2/h5-8,10-12,17H,1,9H2,2-3H3;3-7H,2H2,1H3;6H,4-5H2,1-3H3;3-4H2,1-2H3/b14-7+,17-12?;;;. The molecule has 0 aromatic heterocycles. The lowest BCUT2D eigenvalue weighted by Gasteiger charge is -2.16. The molecule has 1 aromatic rings. The molecule has 1 aliphatic heterocycles. The molecule has 0 bridgehead atoms. The van der Waals surface area contributed by atoms with Gasteiger partial charge in [0, 0.05) is 37.6 Å². The number of unbranched alkanes of at least 4 members (excludes halogenated alkanes) is 1. The van der Waals surface area contributed by atoms with E-state index < -0.39 is 0 Å². The zero-order valence-electron chi connectivity index (χ0n) is 25.6. The first kappa shape index (κ1) is 37.7. The average molecular weight is 537 g/mol. The molecule has 0 fully saturated rings. The van der Waals surface area contributed by atoms with Crippen molar-refractivity contribution in [3.8, 4) is 0 Å². The largest absolute Gasteiger partial charge is 0.497 e. The number of likely N-dealkylation sites (N-methyl/N-ethyl adjacent to an activating group) is 2. The molecule has 1 aromatic carbocycles. The number of carbonyl (C=O) groups excluding carboxylic acids is 1. The summed E-state index contributed by atoms with van der Waals surface area (Å²) < 4.78 is 5.10. The fraction of sp³-hybridized carbons (Fsp3) is 0.424. The molecular formula is C33H52N4O2. The van der Waals surface area contributed by atoms with Gasteiger partial charge in [0.25, 0.3) is 0 Å². The molecule has 2 rings (SSSR count). The van der Waals surface area contributed by atoms with Crippen molar-refractivity contribution >= 4 is 12.1 Å². The van der Waals surface area contributed by atoms with Crippen LogP contribution in [0.3, 0.4) is 0 Å². The van der Waals surface area contributed by atoms with E-state index in [2.05, 4.69) is 81.7 Å². The fourth-order valence-electron chi connectivity index (χ4n) is 2.55. The lowest BCUT2D eigenvalue weighted by molar-refractivity contribution is -0.126. The van der Waals surface area contributed by atoms with Crippen molar-refractivity contribution in [1.29, 1.82) is 5.41 Å². The van der Waals surface area contributed by atoms with E-state index in [-0.39, 0.29) is 5.91 Å². The Hall–Kier alpha value is -3.44. The highest BCUT2D eigenvalue weighted by molar-refractivity contribution is 5.81. The predicted octanol–water partition coefficient (Wildman–Crippen LogP) is 6.91. The number of amides is 1. The molecule has 2 N–H and O–H groups in total. The number of hydrogen-bond donors (Lipinski definition) is 2. The third-order valence-corrected chi connectivity index (χ3v) is 5.19. The molecule has 1 heterocycles. The van der Waals surface area contributed by atoms with Crippen molar-refractivity contribution in [2.24, 2.45) is 0 Å². The Morgan fingerprint density at radius 3 is 2.28 bits per heavy atom. The summed E-state index contributed by atoms with van der Waals surface area (Å²) in [5.74, 6) is 0.648. The Morgan fingerprint density at radius 2 is 1.85 bits per heavy atom. The van der Waals surface area contributed by atoms with Gasteiger partial charge in [-0.05, 0) is 76.0 Å². The molecular weight excluding hydrogens is 484 g/mol. The summed E-state index contributed by atoms with van der Waals surface area (Å²) in [6.07, 6.45) is 15.5. The van der Waals surface area contributed by atoms with Crippen LogP contribution in [-0.2, 0) is 16.0 Å². The predicted molar refractivity (Wildman–Crippen MR) is 169 cm³/mol. The number of ether oxygens (including phenoxy) is 1. The number of nitrogens with one attached hydrogen (secondary N) is 2. The van der Waals surface area contributed by atoms with Crippen LogP contribution < -0.4 is 5.32 Å². The minimum atomic E-state index is -0.0247. The molecule has 39 heavy (non-hydrogen) atoms. The van der Waals surface area contributed by atoms with E-state index in [9.17, 15) is 4.79 Å². The topological polar surface area (TPSA) is 68.7 Å². The Bertz CT molecular complexity index is 951. The van der Waals surface area contributed by atoms with Gasteiger partial charge in [-0.15, -0.1) is 5.73 Å². The van der Waals surface area contributed by atoms with Gasteiger partial charge in [-0.3, -0.25) is 9.69 Å². The Labute approximate surface area is 238 Å². The summed E-state index contributed by atoms with van der Waals surface area (Å²) >= 11 is 0. The molecule has 0 atom stereocenters. The van der Waals surface area contributed by atoms with E-state index in [4.69, 9.17) is 10.1 Å². The first-order valence-corrected chi connectivity index (χ1v) is 13.6. The molecule has 0 spiro atoms. The SMILES string of the molecule is C=C(C=N)C=C=C/C=C(\C)N1C=CC(OC)=CCC1=O.CCCC.CCc1ccccc1.CNCCN(C)C. The number of rotatable bonds is 10. The van der Waals surface area contributed by atoms with E-state index in [1.165, 1.54) is 18.4 Å². The van der Waals surface area contributed by atoms with Gasteiger partial charge < -0.3 is 20.4 Å². The first-order valence-electron chi connectivity index (χ1n) is 13.6. The number of methoxy groups -OCH3 is 1. The van der Waals surface area contributed by atoms with Gasteiger partial charge >= 0.3 is 0 Å². The van der Waals surface area contributed by atoms with E-state index >= 15 is 0 Å². The summed E-state index contributed by atoms with van der Waals surface area (Å²) in [7, 11) is 7.67. The summed E-state index contributed by atoms with van der Waals surface area (Å²) in [6.45, 7) is 14.2. The maximum absolute atomic E-state index is 12.0. The number of aryl methyl sites for hydroxylation is 1. The van der Waals surface area contributed by atoms with Gasteiger partial charge in [-0.25, -0.2) is 0 Å². The molecule has 6 nitrogen and oxygen atoms in total. The summed E-state index contributed by atoms with van der Waals surface area (Å²) in [5.41, 5.74) is 5.63. The molecule has 6 heteroatoms. The van der Waals surface area contributed by atoms with Crippen molar-refractivity contribution in [1.82, 2.24) is 15.1 Å². The van der Waals surface area contributed by atoms with Crippen molar-refractivity contribution in [3.63, 3.8) is 0 Å². The van der Waals surface area contributed by atoms with E-state index in [0.717, 1.165) is 31.4 Å². The van der Waals surface area contributed by atoms with Crippen LogP contribution >= 0.6 is 0 Å². The number of allylic oxidation sites excluding steroid dienone is 5. The van der Waals surface area contributed by atoms with E-state index in [0.29, 0.717) is 17.8 Å². The van der Waals surface area contributed by atoms with E-state index in [1.54, 1.807) is 48.6 Å². The van der Waals surface area contributed by atoms with Crippen LogP contribution in [0.25, 0.3) is 0 Å². The van der Waals surface area contributed by atoms with Crippen LogP contribution in [0.1, 0.15) is 52.5 Å². The van der Waals surface area contributed by atoms with Crippen LogP contribution in [0.2, 0.25) is 0 Å². The van der Waals surface area contributed by atoms with Crippen molar-refractivity contribution in [3.05, 3.63) is 102 Å². The third kappa shape index (κ3) is 22.3. The minimum Gasteiger partial charge on any atom is -0.497 e. The molecule has 0 saturated carbocycles. The van der Waals surface area contributed by atoms with Gasteiger partial charge in [0.2, 0.25) is 5.91 Å². The van der Waals surface area contributed by atoms with Gasteiger partial charge in [0.15, 0.2) is 0 Å². The van der Waals surface area contributed by atoms with Crippen LogP contribution in [-0.4, -0.2) is 63.3 Å². The summed E-state index contributed by atoms with van der Waals surface area (Å²) in [4.78, 5) is 15.7. The lowest BCUT2D eigenvalue weighted by Crippen LogP contribution is -2.23. The van der Waals surface area contributed by atoms with Crippen LogP contribution in [0.4, 0.5) is 0 Å². The monoisotopic (exact) mass is 536 g/mol. The smallest absolute Gasteiger partial charge is 0.234 e. The maximum atomic E-state index is 12.0. The third-order valence-electron chi connectivity index (χ3n) is 5.19. The summed E-state index contributed by atoms with van der Waals surface area (Å²) in [5, 5.41) is 10.0. The average Bonchev–Trinajstić information content (AvgIpc) is 3.16. The molecule has 0 aliphatic carbocycles. The second kappa shape index (κ2) is 26.2. The van der Waals surface area contributed by atoms with Gasteiger partial charge in [-0.1, -0.05) is 70.5 Å². The Kier molecular flexibility index (Phi) is 25.3. The highest BCUT2D eigenvalue weighted by Gasteiger charge is 2.14. The van der Waals surface area contributed by atoms with Crippen LogP contribution in [0.15, 0.2) is 96.3 Å². The quantitative estimate of drug-likeness (QED) is 0.194. The highest BCUT2D eigenvalue weighted by Crippen LogP contribution is 2.14. The normalized spacial score (nSPS) is 12.1. The zero-order chi connectivity index (χ0) is 29.9. The highest BCUT2D eigenvalue weighted by atomic mass is 16.5. The molecule has 216 valence electrons. The van der Waals surface area contributed by atoms with Crippen molar-refractivity contribution in [2.75, 3.05) is 41.3 Å². The molecule has 1 amide bonds. The number of benzene rings is 1. The molecule has 1 aliphatic rings. The Morgan fingerprint density at radius 1 is 1.21 bits per heavy atom. The second-order valence-electron chi connectivity index (χ2n) is 8.85. The van der Waals surface area contributed by atoms with Gasteiger partial charge in [-0.2, -0.15) is 0 Å². The zero-order valence-corrected chi connectivity index (χ0v) is 25.6. The first-order chi connectivity index (χ1) is 18.7. The summed E-state index contributed by atoms with van der Waals surface area (Å²) in [6, 6.07) is 10.5. The van der Waals surface area contributed by atoms with Gasteiger partial charge in [0.1, 0.15) is 5.76 Å². The minimum absolute atomic E-state index is 0.0247. The fourth-order valence-corrected chi connectivity index (χ4v) is 2.55. The Balaban J connectivity index is 0. The maximum Gasteiger partial charge on any atom is 0.234 e. The number of hydrogen-bond acceptors (Lipinski definition) is 5. The van der Waals surface area contributed by atoms with Crippen LogP contribution in [0, 0.1) is 5.41 Å². The van der Waals surface area contributed by atoms with Crippen LogP contribution in [0.5, 0.6) is 0 Å². The molecule has 0 saturated heterocycles. The number of nitrogens with zero attached hydrogens (tertiary/aromatic N) is 2. The van der Waals surface area contributed by atoms with E-state index in [1.807, 2.05) is 20.0 Å².